The molecular formula is C24H15BrF8N2O2. The Morgan fingerprint density at radius 2 is 1.43 bits per heavy atom. The smallest absolute Gasteiger partial charge is 0.320 e. The van der Waals surface area contributed by atoms with Crippen LogP contribution in [-0.4, -0.2) is 18.0 Å². The van der Waals surface area contributed by atoms with Crippen LogP contribution in [0.5, 0.6) is 0 Å². The average molecular weight is 595 g/mol. The number of nitrogens with one attached hydrogen (secondary N) is 2. The molecule has 4 nitrogen and oxygen atoms in total. The summed E-state index contributed by atoms with van der Waals surface area (Å²) in [5.74, 6) is -3.42. The van der Waals surface area contributed by atoms with Crippen LogP contribution >= 0.6 is 15.9 Å². The Balaban J connectivity index is 1.98. The molecule has 0 aliphatic rings. The number of amides is 2. The lowest BCUT2D eigenvalue weighted by Crippen LogP contribution is -2.35. The molecule has 0 fully saturated rings. The maximum atomic E-state index is 15.0. The van der Waals surface area contributed by atoms with Gasteiger partial charge in [0.05, 0.1) is 22.5 Å². The Morgan fingerprint density at radius 3 is 2.00 bits per heavy atom. The molecule has 196 valence electrons. The third-order valence-electron chi connectivity index (χ3n) is 5.24. The van der Waals surface area contributed by atoms with Crippen molar-refractivity contribution in [1.82, 2.24) is 0 Å². The standard InChI is InChI=1S/C24H15BrF8N2O2/c1-22(27,24(31,32)33)13-10-15(23(28,29)30)19(16(25)11-13)35-21(37)14-8-5-9-17(18(14)26)34-20(36)12-6-3-2-4-7-12/h2-11H,1H3,(H,34,36)(H,35,37). The van der Waals surface area contributed by atoms with Gasteiger partial charge in [-0.25, -0.2) is 8.78 Å². The van der Waals surface area contributed by atoms with E-state index in [0.717, 1.165) is 18.2 Å². The highest BCUT2D eigenvalue weighted by Crippen LogP contribution is 2.47. The number of halogens is 9. The van der Waals surface area contributed by atoms with Crippen LogP contribution in [0.3, 0.4) is 0 Å². The molecule has 3 aromatic rings. The second-order valence-electron chi connectivity index (χ2n) is 7.82. The van der Waals surface area contributed by atoms with Gasteiger partial charge in [-0.05, 0) is 64.8 Å². The molecule has 2 N–H and O–H groups in total. The summed E-state index contributed by atoms with van der Waals surface area (Å²) in [6.07, 6.45) is -10.9. The fraction of sp³-hybridized carbons (Fsp3) is 0.167. The summed E-state index contributed by atoms with van der Waals surface area (Å²) in [7, 11) is 0. The minimum Gasteiger partial charge on any atom is -0.320 e. The monoisotopic (exact) mass is 594 g/mol. The zero-order chi connectivity index (χ0) is 27.8. The third-order valence-corrected chi connectivity index (χ3v) is 5.86. The van der Waals surface area contributed by atoms with E-state index in [0.29, 0.717) is 6.07 Å². The number of benzene rings is 3. The van der Waals surface area contributed by atoms with Crippen molar-refractivity contribution in [2.24, 2.45) is 0 Å². The number of carbonyl (C=O) groups is 2. The summed E-state index contributed by atoms with van der Waals surface area (Å²) in [5.41, 5.74) is -9.44. The van der Waals surface area contributed by atoms with Crippen molar-refractivity contribution in [1.29, 1.82) is 0 Å². The predicted molar refractivity (Wildman–Crippen MR) is 122 cm³/mol. The fourth-order valence-electron chi connectivity index (χ4n) is 3.16. The van der Waals surface area contributed by atoms with Crippen LogP contribution in [0, 0.1) is 5.82 Å². The van der Waals surface area contributed by atoms with Gasteiger partial charge in [0.25, 0.3) is 11.8 Å². The molecular weight excluding hydrogens is 580 g/mol. The second kappa shape index (κ2) is 10.1. The molecule has 0 spiro atoms. The van der Waals surface area contributed by atoms with E-state index in [4.69, 9.17) is 0 Å². The lowest BCUT2D eigenvalue weighted by molar-refractivity contribution is -0.228. The molecule has 0 bridgehead atoms. The van der Waals surface area contributed by atoms with Crippen molar-refractivity contribution in [3.05, 3.63) is 93.2 Å². The predicted octanol–water partition coefficient (Wildman–Crippen LogP) is 7.86. The topological polar surface area (TPSA) is 58.2 Å². The lowest BCUT2D eigenvalue weighted by atomic mass is 9.94. The maximum Gasteiger partial charge on any atom is 0.426 e. The van der Waals surface area contributed by atoms with Gasteiger partial charge < -0.3 is 10.6 Å². The third kappa shape index (κ3) is 5.92. The molecule has 0 aliphatic carbocycles. The van der Waals surface area contributed by atoms with E-state index in [2.05, 4.69) is 21.2 Å². The van der Waals surface area contributed by atoms with E-state index in [1.54, 1.807) is 18.2 Å². The molecule has 3 rings (SSSR count). The van der Waals surface area contributed by atoms with Crippen LogP contribution in [0.25, 0.3) is 0 Å². The minimum atomic E-state index is -5.53. The van der Waals surface area contributed by atoms with Crippen molar-refractivity contribution in [3.8, 4) is 0 Å². The summed E-state index contributed by atoms with van der Waals surface area (Å²) < 4.78 is 109. The molecule has 3 aromatic carbocycles. The molecule has 0 heterocycles. The largest absolute Gasteiger partial charge is 0.426 e. The van der Waals surface area contributed by atoms with E-state index >= 15 is 4.39 Å². The van der Waals surface area contributed by atoms with Gasteiger partial charge in [-0.1, -0.05) is 24.3 Å². The van der Waals surface area contributed by atoms with E-state index < -0.39 is 68.2 Å². The number of carbonyl (C=O) groups excluding carboxylic acids is 2. The minimum absolute atomic E-state index is 0.0534. The van der Waals surface area contributed by atoms with Crippen molar-refractivity contribution in [3.63, 3.8) is 0 Å². The van der Waals surface area contributed by atoms with Crippen LogP contribution < -0.4 is 10.6 Å². The zero-order valence-electron chi connectivity index (χ0n) is 18.5. The summed E-state index contributed by atoms with van der Waals surface area (Å²) in [6.45, 7) is 0.0534. The molecule has 2 amide bonds. The first-order chi connectivity index (χ1) is 17.0. The normalized spacial score (nSPS) is 13.6. The van der Waals surface area contributed by atoms with Crippen molar-refractivity contribution in [2.75, 3.05) is 10.6 Å². The van der Waals surface area contributed by atoms with Gasteiger partial charge in [-0.3, -0.25) is 9.59 Å². The maximum absolute atomic E-state index is 15.0. The van der Waals surface area contributed by atoms with Crippen molar-refractivity contribution < 1.29 is 44.7 Å². The number of anilines is 2. The quantitative estimate of drug-likeness (QED) is 0.295. The molecule has 1 atom stereocenters. The molecule has 0 radical (unpaired) electrons. The van der Waals surface area contributed by atoms with Gasteiger partial charge >= 0.3 is 12.4 Å². The lowest BCUT2D eigenvalue weighted by Gasteiger charge is -2.26. The molecule has 0 saturated heterocycles. The van der Waals surface area contributed by atoms with E-state index in [-0.39, 0.29) is 18.6 Å². The second-order valence-corrected chi connectivity index (χ2v) is 8.67. The van der Waals surface area contributed by atoms with E-state index in [1.807, 2.05) is 5.32 Å². The van der Waals surface area contributed by atoms with Gasteiger partial charge in [0, 0.05) is 10.0 Å². The molecule has 13 heteroatoms. The summed E-state index contributed by atoms with van der Waals surface area (Å²) >= 11 is 2.64. The number of rotatable bonds is 5. The molecule has 0 saturated carbocycles. The van der Waals surface area contributed by atoms with Gasteiger partial charge in [0.1, 0.15) is 0 Å². The van der Waals surface area contributed by atoms with E-state index in [9.17, 15) is 40.3 Å². The Bertz CT molecular complexity index is 1340. The summed E-state index contributed by atoms with van der Waals surface area (Å²) in [6, 6.07) is 11.1. The molecule has 0 aromatic heterocycles. The highest BCUT2D eigenvalue weighted by atomic mass is 79.9. The van der Waals surface area contributed by atoms with Gasteiger partial charge in [-0.2, -0.15) is 26.3 Å². The average Bonchev–Trinajstić information content (AvgIpc) is 2.80. The molecule has 37 heavy (non-hydrogen) atoms. The zero-order valence-corrected chi connectivity index (χ0v) is 20.1. The van der Waals surface area contributed by atoms with Gasteiger partial charge in [-0.15, -0.1) is 0 Å². The van der Waals surface area contributed by atoms with Gasteiger partial charge in [0.15, 0.2) is 5.82 Å². The van der Waals surface area contributed by atoms with Crippen LogP contribution in [-0.2, 0) is 11.8 Å². The first-order valence-corrected chi connectivity index (χ1v) is 11.0. The first-order valence-electron chi connectivity index (χ1n) is 10.2. The number of hydrogen-bond acceptors (Lipinski definition) is 2. The SMILES string of the molecule is CC(F)(c1cc(Br)c(NC(=O)c2cccc(NC(=O)c3ccccc3)c2F)c(C(F)(F)F)c1)C(F)(F)F. The van der Waals surface area contributed by atoms with Crippen molar-refractivity contribution >= 4 is 39.1 Å². The Kier molecular flexibility index (Phi) is 7.68. The Hall–Kier alpha value is -3.48. The van der Waals surface area contributed by atoms with E-state index in [1.165, 1.54) is 12.1 Å². The Morgan fingerprint density at radius 1 is 0.811 bits per heavy atom. The molecule has 0 aliphatic heterocycles. The summed E-state index contributed by atoms with van der Waals surface area (Å²) in [5, 5.41) is 4.05. The van der Waals surface area contributed by atoms with Crippen LogP contribution in [0.15, 0.2) is 65.1 Å². The van der Waals surface area contributed by atoms with Crippen LogP contribution in [0.2, 0.25) is 0 Å². The van der Waals surface area contributed by atoms with Gasteiger partial charge in [0.2, 0.25) is 5.67 Å². The van der Waals surface area contributed by atoms with Crippen LogP contribution in [0.1, 0.15) is 38.8 Å². The fourth-order valence-corrected chi connectivity index (χ4v) is 3.72. The van der Waals surface area contributed by atoms with Crippen LogP contribution in [0.4, 0.5) is 46.5 Å². The summed E-state index contributed by atoms with van der Waals surface area (Å²) in [4.78, 5) is 25.0. The highest BCUT2D eigenvalue weighted by Gasteiger charge is 2.54. The Labute approximate surface area is 212 Å². The van der Waals surface area contributed by atoms with Crippen molar-refractivity contribution in [2.45, 2.75) is 24.9 Å². The number of alkyl halides is 7. The highest BCUT2D eigenvalue weighted by molar-refractivity contribution is 9.10. The molecule has 1 unspecified atom stereocenters. The first kappa shape index (κ1) is 28.1. The number of hydrogen-bond donors (Lipinski definition) is 2.